The molecule has 43 heteroatoms. The molecule has 0 spiro atoms. The lowest BCUT2D eigenvalue weighted by molar-refractivity contribution is -0.396. The van der Waals surface area contributed by atoms with Gasteiger partial charge in [0.1, 0.15) is 195 Å². The average Bonchev–Trinajstić information content (AvgIpc) is 0.849. The molecular weight excluding hydrogens is 1610 g/mol. The lowest BCUT2D eigenvalue weighted by Gasteiger charge is -2.50. The van der Waals surface area contributed by atoms with Gasteiger partial charge in [-0.2, -0.15) is 0 Å². The van der Waals surface area contributed by atoms with E-state index in [0.29, 0.717) is 62.7 Å². The van der Waals surface area contributed by atoms with Crippen molar-refractivity contribution in [3.8, 4) is 22.5 Å². The number of aliphatic hydroxyl groups is 20. The fraction of sp³-hybridized carbons (Fsp3) is 0.744. The second-order valence-electron chi connectivity index (χ2n) is 30.9. The van der Waals surface area contributed by atoms with Gasteiger partial charge in [0.25, 0.3) is 5.91 Å². The van der Waals surface area contributed by atoms with Crippen LogP contribution in [0.5, 0.6) is 0 Å². The number of anilines is 1. The van der Waals surface area contributed by atoms with Crippen LogP contribution in [0.2, 0.25) is 0 Å². The van der Waals surface area contributed by atoms with E-state index in [1.165, 1.54) is 0 Å². The predicted molar refractivity (Wildman–Crippen MR) is 413 cm³/mol. The number of nitrogens with zero attached hydrogens (tertiary/aromatic N) is 2. The van der Waals surface area contributed by atoms with Crippen molar-refractivity contribution in [2.75, 3.05) is 130 Å². The van der Waals surface area contributed by atoms with Crippen molar-refractivity contribution >= 4 is 22.6 Å². The van der Waals surface area contributed by atoms with Crippen LogP contribution < -0.4 is 41.4 Å². The maximum atomic E-state index is 14.1. The summed E-state index contributed by atoms with van der Waals surface area (Å²) < 4.78 is 91.3. The number of hydrogen-bond donors (Lipinski definition) is 25. The van der Waals surface area contributed by atoms with Crippen molar-refractivity contribution in [1.29, 1.82) is 0 Å². The SMILES string of the molecule is CCN(CC)c1ccc2c(-c3ccccc3C(=O)NCCNCCNCCNCCNC[C@H]3O[C@@H]4O[C@H]5[C@H](O)[C@@H](O)[C@@H](O[C@@H]6[C@@H](O)[C@H](O)[C@H](O[C@@H]7[C@@H](O)[C@H](O)[C@H](O[C@@H]8[C@@H](O)[C@H](O)[C@H](O[C@@H]9[C@@H](O)[C@H](O)[C@H](O[C@H]%10[C@H](O)[C@@H](O)[C@@H](O[C@H]3[C@H](O)[C@H]4O)O[C@@H]%10CO)O[C@H]9CO)O[C@H]8CO)O[C@H]7CO)O[C@H]6CO)O[C@@H]5CO)c3ccc(=[N+](CC)CC)cc-3oc2c1. The van der Waals surface area contributed by atoms with Gasteiger partial charge in [0.05, 0.1) is 45.7 Å². The summed E-state index contributed by atoms with van der Waals surface area (Å²) in [5, 5.41) is 245. The fourth-order valence-corrected chi connectivity index (χ4v) is 16.6. The van der Waals surface area contributed by atoms with Crippen LogP contribution >= 0.6 is 0 Å². The first kappa shape index (κ1) is 95.0. The van der Waals surface area contributed by atoms with Gasteiger partial charge in [0.2, 0.25) is 5.36 Å². The van der Waals surface area contributed by atoms with Crippen LogP contribution in [0.25, 0.3) is 33.4 Å². The maximum absolute atomic E-state index is 14.1. The van der Waals surface area contributed by atoms with E-state index in [0.717, 1.165) is 59.3 Å². The summed E-state index contributed by atoms with van der Waals surface area (Å²) in [6, 6.07) is 20.0. The molecule has 1 aliphatic carbocycles. The van der Waals surface area contributed by atoms with E-state index in [4.69, 9.17) is 70.7 Å². The first-order valence-corrected chi connectivity index (χ1v) is 41.2. The van der Waals surface area contributed by atoms with Crippen LogP contribution in [0.3, 0.4) is 0 Å². The Morgan fingerprint density at radius 2 is 0.678 bits per heavy atom. The Morgan fingerprint density at radius 1 is 0.355 bits per heavy atom. The average molecular weight is 1730 g/mol. The van der Waals surface area contributed by atoms with Gasteiger partial charge in [0, 0.05) is 112 Å². The molecule has 1 amide bonds. The van der Waals surface area contributed by atoms with Gasteiger partial charge in [-0.3, -0.25) is 4.79 Å². The summed E-state index contributed by atoms with van der Waals surface area (Å²) in [5.74, 6) is 0.466. The number of carbonyl (C=O) groups is 1. The number of carbonyl (C=O) groups excluding carboxylic acids is 1. The van der Waals surface area contributed by atoms with E-state index in [2.05, 4.69) is 100 Å². The number of nitrogens with one attached hydrogen (secondary N) is 5. The number of rotatable bonds is 27. The fourth-order valence-electron chi connectivity index (χ4n) is 16.6. The van der Waals surface area contributed by atoms with Crippen molar-refractivity contribution in [1.82, 2.24) is 31.2 Å². The Bertz CT molecular complexity index is 3900. The third-order valence-corrected chi connectivity index (χ3v) is 23.4. The summed E-state index contributed by atoms with van der Waals surface area (Å²) in [6.07, 6.45) is -70.3. The maximum Gasteiger partial charge on any atom is 0.251 e. The van der Waals surface area contributed by atoms with Gasteiger partial charge in [-0.15, -0.1) is 0 Å². The van der Waals surface area contributed by atoms with Crippen molar-refractivity contribution < 1.29 is 178 Å². The van der Waals surface area contributed by atoms with E-state index >= 15 is 0 Å². The largest absolute Gasteiger partial charge is 0.456 e. The molecule has 2 aromatic rings. The molecule has 22 heterocycles. The number of aliphatic hydroxyl groups excluding tert-OH is 20. The third kappa shape index (κ3) is 20.9. The monoisotopic (exact) mass is 1730 g/mol. The van der Waals surface area contributed by atoms with Gasteiger partial charge in [-0.25, -0.2) is 4.58 Å². The van der Waals surface area contributed by atoms with Crippen LogP contribution in [0.4, 0.5) is 5.69 Å². The Morgan fingerprint density at radius 3 is 1.02 bits per heavy atom. The molecule has 21 saturated heterocycles. The predicted octanol–water partition coefficient (Wildman–Crippen LogP) is -11.3. The lowest BCUT2D eigenvalue weighted by Crippen LogP contribution is -2.68. The Labute approximate surface area is 695 Å². The number of ether oxygens (including phenoxy) is 14. The van der Waals surface area contributed by atoms with Crippen molar-refractivity contribution in [2.45, 2.75) is 243 Å². The molecule has 0 unspecified atom stereocenters. The lowest BCUT2D eigenvalue weighted by atomic mass is 9.90. The Balaban J connectivity index is 0.690. The van der Waals surface area contributed by atoms with Gasteiger partial charge in [0.15, 0.2) is 44.0 Å². The molecule has 21 fully saturated rings. The summed E-state index contributed by atoms with van der Waals surface area (Å²) in [5.41, 5.74) is 4.78. The van der Waals surface area contributed by atoms with Gasteiger partial charge in [-0.05, 0) is 57.5 Å². The quantitative estimate of drug-likeness (QED) is 0.0150. The highest BCUT2D eigenvalue weighted by molar-refractivity contribution is 6.09. The zero-order valence-corrected chi connectivity index (χ0v) is 67.3. The second-order valence-corrected chi connectivity index (χ2v) is 30.9. The Hall–Kier alpha value is -5.12. The van der Waals surface area contributed by atoms with Crippen molar-refractivity contribution in [3.63, 3.8) is 0 Å². The summed E-state index contributed by atoms with van der Waals surface area (Å²) in [7, 11) is 0. The number of fused-ring (bicyclic) bond motifs is 2. The minimum absolute atomic E-state index is 0.184. The van der Waals surface area contributed by atoms with Crippen LogP contribution in [0.15, 0.2) is 65.1 Å². The normalized spacial score (nSPS) is 39.5. The van der Waals surface area contributed by atoms with E-state index in [1.807, 2.05) is 24.3 Å². The topological polar surface area (TPSA) is 630 Å². The van der Waals surface area contributed by atoms with E-state index in [9.17, 15) is 107 Å². The molecule has 0 aromatic heterocycles. The molecule has 0 radical (unpaired) electrons. The van der Waals surface area contributed by atoms with E-state index in [-0.39, 0.29) is 19.0 Å². The van der Waals surface area contributed by atoms with Crippen LogP contribution in [-0.4, -0.2) is 448 Å². The molecule has 23 aliphatic rings. The molecule has 14 bridgehead atoms. The Kier molecular flexibility index (Phi) is 34.2. The smallest absolute Gasteiger partial charge is 0.251 e. The standard InChI is InChI=1S/C78H119N7O36/c1-5-84(6-2)34-13-15-38-40(25-34)107-41-26-35(85(7-3)8-4)14-16-39(41)49(38)36-11-9-10-12-37(36)71(106)83-24-23-81-20-19-79-17-18-80-21-22-82-27-42-64-50(92)57(99)72(108-42)116-65-43(28-86)110-74(59(101)52(65)94)118-67-45(30-88)112-76(61(103)54(67)96)120-69-47(32-90)114-78(63(105)56(69)98)121-70-48(33-91)113-77(62(104)55(70)97)119-68-46(31-89)111-75(60(102)53(68)95)117-66-44(29-87)109-73(115-64)58(100)51(66)93/h9-16,25-26,42-48,50-70,72-82,86-105H,5-8,17-24,27-33H2,1-4H3/p+1/t42-,43-,44-,45+,46+,47+,48+,50-,51-,52-,53+,54+,55+,56+,57-,58-,59-,60+,61+,62+,63+,64-,65-,66-,67+,68+,69+,70+,72-,73-,74-,75+,76+,77+,78+/m1/s1. The van der Waals surface area contributed by atoms with Gasteiger partial charge in [-0.1, -0.05) is 18.2 Å². The molecule has 35 atom stereocenters. The molecule has 121 heavy (non-hydrogen) atoms. The van der Waals surface area contributed by atoms with Crippen LogP contribution in [0, 0.1) is 0 Å². The zero-order valence-electron chi connectivity index (χ0n) is 67.3. The minimum Gasteiger partial charge on any atom is -0.456 e. The zero-order chi connectivity index (χ0) is 86.8. The molecule has 2 aromatic carbocycles. The highest BCUT2D eigenvalue weighted by atomic mass is 16.8. The molecule has 0 saturated carbocycles. The summed E-state index contributed by atoms with van der Waals surface area (Å²) >= 11 is 0. The van der Waals surface area contributed by atoms with Gasteiger partial charge < -0.3 is 204 Å². The highest BCUT2D eigenvalue weighted by Gasteiger charge is 2.60. The minimum atomic E-state index is -2.23. The summed E-state index contributed by atoms with van der Waals surface area (Å²) in [6.45, 7) is 8.51. The molecule has 682 valence electrons. The van der Waals surface area contributed by atoms with Crippen molar-refractivity contribution in [2.24, 2.45) is 0 Å². The van der Waals surface area contributed by atoms with Crippen molar-refractivity contribution in [3.05, 3.63) is 71.6 Å². The molecule has 25 N–H and O–H groups in total. The first-order valence-electron chi connectivity index (χ1n) is 41.2. The number of hydrogen-bond acceptors (Lipinski definition) is 41. The van der Waals surface area contributed by atoms with E-state index < -0.39 is 255 Å². The van der Waals surface area contributed by atoms with E-state index in [1.54, 1.807) is 0 Å². The molecule has 22 aliphatic heterocycles. The molecule has 25 rings (SSSR count). The van der Waals surface area contributed by atoms with Crippen LogP contribution in [0.1, 0.15) is 38.1 Å². The van der Waals surface area contributed by atoms with Crippen LogP contribution in [-0.2, 0) is 66.3 Å². The highest BCUT2D eigenvalue weighted by Crippen LogP contribution is 2.44. The number of amides is 1. The molecule has 43 nitrogen and oxygen atoms in total. The summed E-state index contributed by atoms with van der Waals surface area (Å²) in [4.78, 5) is 16.4. The molecular formula is C78H120N7O36+. The van der Waals surface area contributed by atoms with Gasteiger partial charge >= 0.3 is 0 Å². The third-order valence-electron chi connectivity index (χ3n) is 23.4. The number of benzene rings is 3. The first-order chi connectivity index (χ1) is 58.3. The second kappa shape index (κ2) is 43.6.